The van der Waals surface area contributed by atoms with Crippen molar-refractivity contribution in [3.8, 4) is 5.75 Å². The molecule has 0 spiro atoms. The molecule has 2 N–H and O–H groups in total. The van der Waals surface area contributed by atoms with Crippen LogP contribution in [0.5, 0.6) is 5.75 Å². The van der Waals surface area contributed by atoms with Crippen molar-refractivity contribution in [2.24, 2.45) is 5.73 Å². The van der Waals surface area contributed by atoms with E-state index in [-0.39, 0.29) is 12.1 Å². The van der Waals surface area contributed by atoms with E-state index in [1.165, 1.54) is 0 Å². The lowest BCUT2D eigenvalue weighted by molar-refractivity contribution is 0.158. The molecule has 0 saturated heterocycles. The van der Waals surface area contributed by atoms with Crippen LogP contribution >= 0.6 is 27.3 Å². The fourth-order valence-corrected chi connectivity index (χ4v) is 3.22. The van der Waals surface area contributed by atoms with E-state index in [1.807, 2.05) is 25.1 Å². The highest BCUT2D eigenvalue weighted by molar-refractivity contribution is 9.10. The van der Waals surface area contributed by atoms with Crippen molar-refractivity contribution in [1.29, 1.82) is 0 Å². The molecule has 3 nitrogen and oxygen atoms in total. The summed E-state index contributed by atoms with van der Waals surface area (Å²) in [6.07, 6.45) is 0.741. The van der Waals surface area contributed by atoms with Gasteiger partial charge in [-0.3, -0.25) is 0 Å². The SMILES string of the molecule is Cc1nc(C2C[C@@H](N)c3cc(Br)ccc3O2)cs1. The Bertz CT molecular complexity index is 584. The smallest absolute Gasteiger partial charge is 0.143 e. The number of halogens is 1. The van der Waals surface area contributed by atoms with Gasteiger partial charge in [0.05, 0.1) is 10.7 Å². The summed E-state index contributed by atoms with van der Waals surface area (Å²) in [4.78, 5) is 4.49. The van der Waals surface area contributed by atoms with Crippen LogP contribution in [0.1, 0.15) is 34.8 Å². The van der Waals surface area contributed by atoms with Crippen molar-refractivity contribution in [3.05, 3.63) is 44.3 Å². The second kappa shape index (κ2) is 4.64. The lowest BCUT2D eigenvalue weighted by Gasteiger charge is -2.29. The molecule has 1 unspecified atom stereocenters. The topological polar surface area (TPSA) is 48.1 Å². The highest BCUT2D eigenvalue weighted by Gasteiger charge is 2.28. The number of benzene rings is 1. The van der Waals surface area contributed by atoms with Crippen molar-refractivity contribution >= 4 is 27.3 Å². The van der Waals surface area contributed by atoms with Gasteiger partial charge in [-0.25, -0.2) is 4.98 Å². The molecule has 2 heterocycles. The summed E-state index contributed by atoms with van der Waals surface area (Å²) < 4.78 is 7.03. The Morgan fingerprint density at radius 2 is 2.33 bits per heavy atom. The van der Waals surface area contributed by atoms with Crippen molar-refractivity contribution in [1.82, 2.24) is 4.98 Å². The molecule has 1 aliphatic rings. The summed E-state index contributed by atoms with van der Waals surface area (Å²) in [5.74, 6) is 0.868. The van der Waals surface area contributed by atoms with Crippen LogP contribution in [0.3, 0.4) is 0 Å². The number of ether oxygens (including phenoxy) is 1. The second-order valence-corrected chi connectivity index (χ2v) is 6.40. The number of rotatable bonds is 1. The average Bonchev–Trinajstić information content (AvgIpc) is 2.77. The van der Waals surface area contributed by atoms with Gasteiger partial charge in [0.1, 0.15) is 11.9 Å². The first-order valence-corrected chi connectivity index (χ1v) is 7.44. The van der Waals surface area contributed by atoms with Crippen LogP contribution in [0.15, 0.2) is 28.1 Å². The second-order valence-electron chi connectivity index (χ2n) is 4.42. The molecule has 1 aliphatic heterocycles. The first-order valence-electron chi connectivity index (χ1n) is 5.77. The van der Waals surface area contributed by atoms with Crippen molar-refractivity contribution in [2.75, 3.05) is 0 Å². The first kappa shape index (κ1) is 12.1. The minimum absolute atomic E-state index is 0.00161. The van der Waals surface area contributed by atoms with Gasteiger partial charge in [0, 0.05) is 27.9 Å². The summed E-state index contributed by atoms with van der Waals surface area (Å²) in [7, 11) is 0. The molecule has 94 valence electrons. The van der Waals surface area contributed by atoms with Crippen LogP contribution in [0.4, 0.5) is 0 Å². The monoisotopic (exact) mass is 324 g/mol. The van der Waals surface area contributed by atoms with Gasteiger partial charge in [0.2, 0.25) is 0 Å². The maximum atomic E-state index is 6.22. The zero-order valence-corrected chi connectivity index (χ0v) is 12.3. The molecule has 1 aromatic heterocycles. The van der Waals surface area contributed by atoms with Gasteiger partial charge in [0.25, 0.3) is 0 Å². The Morgan fingerprint density at radius 1 is 1.50 bits per heavy atom. The molecule has 5 heteroatoms. The molecule has 1 aromatic carbocycles. The van der Waals surface area contributed by atoms with E-state index in [2.05, 4.69) is 26.3 Å². The Hall–Kier alpha value is -0.910. The fourth-order valence-electron chi connectivity index (χ4n) is 2.18. The van der Waals surface area contributed by atoms with E-state index in [0.29, 0.717) is 0 Å². The fraction of sp³-hybridized carbons (Fsp3) is 0.308. The minimum atomic E-state index is -0.0291. The third kappa shape index (κ3) is 2.18. The Balaban J connectivity index is 1.94. The Morgan fingerprint density at radius 3 is 3.06 bits per heavy atom. The molecule has 0 bridgehead atoms. The van der Waals surface area contributed by atoms with Crippen LogP contribution in [-0.2, 0) is 0 Å². The number of thiazole rings is 1. The van der Waals surface area contributed by atoms with Crippen molar-refractivity contribution in [2.45, 2.75) is 25.5 Å². The van der Waals surface area contributed by atoms with Gasteiger partial charge < -0.3 is 10.5 Å². The van der Waals surface area contributed by atoms with Gasteiger partial charge in [-0.2, -0.15) is 0 Å². The quantitative estimate of drug-likeness (QED) is 0.869. The highest BCUT2D eigenvalue weighted by Crippen LogP contribution is 2.40. The summed E-state index contributed by atoms with van der Waals surface area (Å²) in [5, 5.41) is 3.11. The normalized spacial score (nSPS) is 22.4. The molecular weight excluding hydrogens is 312 g/mol. The maximum Gasteiger partial charge on any atom is 0.143 e. The predicted octanol–water partition coefficient (Wildman–Crippen LogP) is 3.74. The molecule has 2 aromatic rings. The van der Waals surface area contributed by atoms with E-state index in [9.17, 15) is 0 Å². The Kier molecular flexibility index (Phi) is 3.13. The highest BCUT2D eigenvalue weighted by atomic mass is 79.9. The minimum Gasteiger partial charge on any atom is -0.484 e. The molecule has 18 heavy (non-hydrogen) atoms. The molecular formula is C13H13BrN2OS. The third-order valence-corrected chi connectivity index (χ3v) is 4.36. The zero-order valence-electron chi connectivity index (χ0n) is 9.89. The van der Waals surface area contributed by atoms with E-state index in [1.54, 1.807) is 11.3 Å². The van der Waals surface area contributed by atoms with E-state index in [4.69, 9.17) is 10.5 Å². The molecule has 2 atom stereocenters. The van der Waals surface area contributed by atoms with Crippen molar-refractivity contribution in [3.63, 3.8) is 0 Å². The van der Waals surface area contributed by atoms with Crippen LogP contribution in [0.2, 0.25) is 0 Å². The number of aromatic nitrogens is 1. The predicted molar refractivity (Wildman–Crippen MR) is 75.9 cm³/mol. The first-order chi connectivity index (χ1) is 8.63. The molecule has 0 aliphatic carbocycles. The molecule has 0 amide bonds. The molecule has 0 radical (unpaired) electrons. The van der Waals surface area contributed by atoms with E-state index in [0.717, 1.165) is 32.9 Å². The number of hydrogen-bond acceptors (Lipinski definition) is 4. The summed E-state index contributed by atoms with van der Waals surface area (Å²) in [5.41, 5.74) is 8.27. The zero-order chi connectivity index (χ0) is 12.7. The van der Waals surface area contributed by atoms with Gasteiger partial charge >= 0.3 is 0 Å². The number of fused-ring (bicyclic) bond motifs is 1. The lowest BCUT2D eigenvalue weighted by atomic mass is 9.96. The molecule has 0 saturated carbocycles. The lowest BCUT2D eigenvalue weighted by Crippen LogP contribution is -2.24. The third-order valence-electron chi connectivity index (χ3n) is 3.08. The van der Waals surface area contributed by atoms with Gasteiger partial charge in [0.15, 0.2) is 0 Å². The van der Waals surface area contributed by atoms with Gasteiger partial charge in [-0.15, -0.1) is 11.3 Å². The molecule has 3 rings (SSSR count). The van der Waals surface area contributed by atoms with Crippen LogP contribution in [-0.4, -0.2) is 4.98 Å². The average molecular weight is 325 g/mol. The van der Waals surface area contributed by atoms with Gasteiger partial charge in [-0.1, -0.05) is 15.9 Å². The standard InChI is InChI=1S/C13H13BrN2OS/c1-7-16-11(6-18-7)13-5-10(15)9-4-8(14)2-3-12(9)17-13/h2-4,6,10,13H,5,15H2,1H3/t10-,13?/m1/s1. The largest absolute Gasteiger partial charge is 0.484 e. The summed E-state index contributed by atoms with van der Waals surface area (Å²) >= 11 is 5.10. The van der Waals surface area contributed by atoms with E-state index < -0.39 is 0 Å². The number of nitrogens with two attached hydrogens (primary N) is 1. The Labute approximate surface area is 118 Å². The maximum absolute atomic E-state index is 6.22. The number of aryl methyl sites for hydroxylation is 1. The van der Waals surface area contributed by atoms with Crippen molar-refractivity contribution < 1.29 is 4.74 Å². The van der Waals surface area contributed by atoms with E-state index >= 15 is 0 Å². The van der Waals surface area contributed by atoms with Crippen LogP contribution < -0.4 is 10.5 Å². The number of nitrogens with zero attached hydrogens (tertiary/aromatic N) is 1. The van der Waals surface area contributed by atoms with Gasteiger partial charge in [-0.05, 0) is 25.1 Å². The molecule has 0 fully saturated rings. The summed E-state index contributed by atoms with van der Waals surface area (Å²) in [6.45, 7) is 2.00. The number of hydrogen-bond donors (Lipinski definition) is 1. The summed E-state index contributed by atoms with van der Waals surface area (Å²) in [6, 6.07) is 5.96. The van der Waals surface area contributed by atoms with Crippen LogP contribution in [0, 0.1) is 6.92 Å². The van der Waals surface area contributed by atoms with Crippen LogP contribution in [0.25, 0.3) is 0 Å².